The molecule has 3 rings (SSSR count). The lowest BCUT2D eigenvalue weighted by atomic mass is 10.0. The second-order valence-electron chi connectivity index (χ2n) is 4.34. The van der Waals surface area contributed by atoms with E-state index in [9.17, 15) is 4.79 Å². The van der Waals surface area contributed by atoms with E-state index in [4.69, 9.17) is 12.2 Å². The number of rotatable bonds is 2. The van der Waals surface area contributed by atoms with E-state index >= 15 is 0 Å². The number of carbonyl (C=O) groups is 1. The van der Waals surface area contributed by atoms with Crippen molar-refractivity contribution in [2.45, 2.75) is 0 Å². The van der Waals surface area contributed by atoms with Gasteiger partial charge in [-0.15, -0.1) is 0 Å². The van der Waals surface area contributed by atoms with Crippen LogP contribution in [-0.2, 0) is 4.79 Å². The summed E-state index contributed by atoms with van der Waals surface area (Å²) in [4.78, 5) is 12.2. The van der Waals surface area contributed by atoms with Crippen LogP contribution in [0.2, 0.25) is 0 Å². The fraction of sp³-hybridized carbons (Fsp3) is 0. The normalized spacial score (nSPS) is 16.5. The molecule has 20 heavy (non-hydrogen) atoms. The molecule has 1 saturated heterocycles. The van der Waals surface area contributed by atoms with E-state index in [1.54, 1.807) is 0 Å². The Labute approximate surface area is 126 Å². The number of nitrogens with one attached hydrogen (secondary N) is 1. The largest absolute Gasteiger partial charge is 0.307 e. The fourth-order valence-electron chi connectivity index (χ4n) is 1.97. The van der Waals surface area contributed by atoms with Crippen molar-refractivity contribution in [3.63, 3.8) is 0 Å². The molecule has 1 aliphatic heterocycles. The Morgan fingerprint density at radius 1 is 0.950 bits per heavy atom. The molecule has 0 spiro atoms. The summed E-state index contributed by atoms with van der Waals surface area (Å²) in [5.41, 5.74) is 3.33. The van der Waals surface area contributed by atoms with Gasteiger partial charge >= 0.3 is 0 Å². The number of amides is 1. The molecule has 1 aliphatic rings. The van der Waals surface area contributed by atoms with E-state index in [1.165, 1.54) is 17.3 Å². The summed E-state index contributed by atoms with van der Waals surface area (Å²) in [6, 6.07) is 18.3. The van der Waals surface area contributed by atoms with E-state index in [1.807, 2.05) is 36.4 Å². The van der Waals surface area contributed by atoms with Gasteiger partial charge in [0.15, 0.2) is 0 Å². The van der Waals surface area contributed by atoms with Crippen LogP contribution in [0, 0.1) is 0 Å². The van der Waals surface area contributed by atoms with Crippen molar-refractivity contribution in [1.29, 1.82) is 0 Å². The van der Waals surface area contributed by atoms with E-state index in [0.29, 0.717) is 9.23 Å². The van der Waals surface area contributed by atoms with E-state index in [0.717, 1.165) is 11.1 Å². The van der Waals surface area contributed by atoms with Gasteiger partial charge in [-0.05, 0) is 22.8 Å². The van der Waals surface area contributed by atoms with Crippen LogP contribution in [-0.4, -0.2) is 10.2 Å². The monoisotopic (exact) mass is 297 g/mol. The quantitative estimate of drug-likeness (QED) is 0.674. The average molecular weight is 297 g/mol. The third-order valence-electron chi connectivity index (χ3n) is 2.96. The van der Waals surface area contributed by atoms with Crippen LogP contribution in [0.15, 0.2) is 59.5 Å². The van der Waals surface area contributed by atoms with Crippen LogP contribution < -0.4 is 5.32 Å². The Balaban J connectivity index is 1.86. The summed E-state index contributed by atoms with van der Waals surface area (Å²) in [6.07, 6.45) is 1.86. The third-order valence-corrected chi connectivity index (χ3v) is 4.12. The first-order valence-electron chi connectivity index (χ1n) is 6.13. The minimum absolute atomic E-state index is 0.118. The second kappa shape index (κ2) is 5.61. The molecule has 0 radical (unpaired) electrons. The van der Waals surface area contributed by atoms with Gasteiger partial charge < -0.3 is 5.32 Å². The number of benzene rings is 2. The maximum atomic E-state index is 11.6. The lowest BCUT2D eigenvalue weighted by Gasteiger charge is -2.02. The molecule has 0 bridgehead atoms. The van der Waals surface area contributed by atoms with Crippen molar-refractivity contribution < 1.29 is 4.79 Å². The fourth-order valence-corrected chi connectivity index (χ4v) is 3.02. The van der Waals surface area contributed by atoms with Crippen molar-refractivity contribution >= 4 is 40.3 Å². The summed E-state index contributed by atoms with van der Waals surface area (Å²) in [5.74, 6) is -0.118. The predicted octanol–water partition coefficient (Wildman–Crippen LogP) is 3.84. The lowest BCUT2D eigenvalue weighted by Crippen LogP contribution is -2.17. The first-order valence-corrected chi connectivity index (χ1v) is 7.35. The Kier molecular flexibility index (Phi) is 3.67. The highest BCUT2D eigenvalue weighted by Gasteiger charge is 2.21. The minimum atomic E-state index is -0.118. The van der Waals surface area contributed by atoms with Gasteiger partial charge in [-0.2, -0.15) is 0 Å². The van der Waals surface area contributed by atoms with Crippen molar-refractivity contribution in [3.05, 3.63) is 65.1 Å². The Morgan fingerprint density at radius 3 is 2.20 bits per heavy atom. The zero-order chi connectivity index (χ0) is 13.9. The number of carbonyl (C=O) groups excluding carboxylic acids is 1. The summed E-state index contributed by atoms with van der Waals surface area (Å²) in [7, 11) is 0. The Bertz CT molecular complexity index is 690. The molecular weight excluding hydrogens is 286 g/mol. The first kappa shape index (κ1) is 13.1. The summed E-state index contributed by atoms with van der Waals surface area (Å²) >= 11 is 6.27. The maximum absolute atomic E-state index is 11.6. The summed E-state index contributed by atoms with van der Waals surface area (Å²) < 4.78 is 0.516. The lowest BCUT2D eigenvalue weighted by molar-refractivity contribution is -0.115. The molecule has 1 N–H and O–H groups in total. The van der Waals surface area contributed by atoms with Crippen LogP contribution >= 0.6 is 24.0 Å². The molecule has 1 heterocycles. The van der Waals surface area contributed by atoms with Gasteiger partial charge in [0, 0.05) is 0 Å². The molecule has 0 aromatic heterocycles. The molecule has 98 valence electrons. The zero-order valence-electron chi connectivity index (χ0n) is 10.5. The molecule has 0 saturated carbocycles. The summed E-state index contributed by atoms with van der Waals surface area (Å²) in [5, 5.41) is 2.61. The molecule has 1 amide bonds. The number of hydrogen-bond donors (Lipinski definition) is 1. The second-order valence-corrected chi connectivity index (χ2v) is 6.06. The highest BCUT2D eigenvalue weighted by Crippen LogP contribution is 2.26. The van der Waals surface area contributed by atoms with Gasteiger partial charge in [0.05, 0.1) is 4.91 Å². The van der Waals surface area contributed by atoms with Crippen LogP contribution in [0.3, 0.4) is 0 Å². The number of hydrogen-bond acceptors (Lipinski definition) is 3. The van der Waals surface area contributed by atoms with Crippen molar-refractivity contribution in [2.24, 2.45) is 0 Å². The smallest absolute Gasteiger partial charge is 0.263 e. The van der Waals surface area contributed by atoms with E-state index < -0.39 is 0 Å². The highest BCUT2D eigenvalue weighted by atomic mass is 32.2. The molecule has 0 unspecified atom stereocenters. The van der Waals surface area contributed by atoms with Crippen molar-refractivity contribution in [1.82, 2.24) is 5.32 Å². The van der Waals surface area contributed by atoms with Crippen LogP contribution in [0.4, 0.5) is 0 Å². The molecule has 0 aliphatic carbocycles. The van der Waals surface area contributed by atoms with Gasteiger partial charge in [-0.3, -0.25) is 4.79 Å². The summed E-state index contributed by atoms with van der Waals surface area (Å²) in [6.45, 7) is 0. The highest BCUT2D eigenvalue weighted by molar-refractivity contribution is 8.26. The predicted molar refractivity (Wildman–Crippen MR) is 88.2 cm³/mol. The van der Waals surface area contributed by atoms with Crippen molar-refractivity contribution in [3.8, 4) is 11.1 Å². The van der Waals surface area contributed by atoms with Crippen LogP contribution in [0.5, 0.6) is 0 Å². The molecule has 0 atom stereocenters. The zero-order valence-corrected chi connectivity index (χ0v) is 12.1. The molecule has 2 aromatic carbocycles. The Hall–Kier alpha value is -1.91. The van der Waals surface area contributed by atoms with Gasteiger partial charge in [-0.25, -0.2) is 0 Å². The first-order chi connectivity index (χ1) is 9.72. The van der Waals surface area contributed by atoms with Gasteiger partial charge in [0.25, 0.3) is 5.91 Å². The van der Waals surface area contributed by atoms with E-state index in [2.05, 4.69) is 29.6 Å². The number of thioether (sulfide) groups is 1. The van der Waals surface area contributed by atoms with Gasteiger partial charge in [0.2, 0.25) is 0 Å². The maximum Gasteiger partial charge on any atom is 0.263 e. The average Bonchev–Trinajstić information content (AvgIpc) is 2.79. The van der Waals surface area contributed by atoms with Crippen LogP contribution in [0.1, 0.15) is 5.56 Å². The minimum Gasteiger partial charge on any atom is -0.307 e. The number of thiocarbonyl (C=S) groups is 1. The standard InChI is InChI=1S/C16H11NOS2/c18-15-14(20-16(19)17-15)10-11-6-8-13(9-7-11)12-4-2-1-3-5-12/h1-10H,(H,17,18,19)/b14-10+. The SMILES string of the molecule is O=C1NC(=S)S/C1=C/c1ccc(-c2ccccc2)cc1. The molecule has 4 heteroatoms. The Morgan fingerprint density at radius 2 is 1.60 bits per heavy atom. The molecule has 2 aromatic rings. The molecule has 1 fully saturated rings. The molecule has 2 nitrogen and oxygen atoms in total. The van der Waals surface area contributed by atoms with E-state index in [-0.39, 0.29) is 5.91 Å². The third kappa shape index (κ3) is 2.81. The van der Waals surface area contributed by atoms with Gasteiger partial charge in [0.1, 0.15) is 4.32 Å². The topological polar surface area (TPSA) is 29.1 Å². The van der Waals surface area contributed by atoms with Crippen molar-refractivity contribution in [2.75, 3.05) is 0 Å². The molecular formula is C16H11NOS2. The van der Waals surface area contributed by atoms with Crippen LogP contribution in [0.25, 0.3) is 17.2 Å². The van der Waals surface area contributed by atoms with Gasteiger partial charge in [-0.1, -0.05) is 78.6 Å².